The van der Waals surface area contributed by atoms with Crippen molar-refractivity contribution in [2.24, 2.45) is 5.73 Å². The average molecular weight is 254 g/mol. The number of rotatable bonds is 2. The minimum Gasteiger partial charge on any atom is -0.454 e. The van der Waals surface area contributed by atoms with Gasteiger partial charge in [-0.05, 0) is 30.5 Å². The molecule has 2 aliphatic rings. The third kappa shape index (κ3) is 1.69. The van der Waals surface area contributed by atoms with Crippen LogP contribution in [0.15, 0.2) is 12.1 Å². The summed E-state index contributed by atoms with van der Waals surface area (Å²) in [6.45, 7) is 0.928. The molecule has 1 aromatic carbocycles. The minimum atomic E-state index is 0.0879. The number of nitrogens with two attached hydrogens (primary N) is 1. The molecule has 0 aromatic heterocycles. The van der Waals surface area contributed by atoms with Gasteiger partial charge in [0.2, 0.25) is 6.79 Å². The van der Waals surface area contributed by atoms with Crippen LogP contribution in [0, 0.1) is 0 Å². The van der Waals surface area contributed by atoms with Gasteiger partial charge in [-0.2, -0.15) is 0 Å². The van der Waals surface area contributed by atoms with Gasteiger partial charge in [0.05, 0.1) is 5.02 Å². The number of ether oxygens (including phenoxy) is 2. The fourth-order valence-electron chi connectivity index (χ4n) is 2.94. The first-order valence-corrected chi connectivity index (χ1v) is 6.43. The van der Waals surface area contributed by atoms with Crippen LogP contribution in [0.2, 0.25) is 5.02 Å². The molecule has 1 heterocycles. The second kappa shape index (κ2) is 4.07. The zero-order valence-corrected chi connectivity index (χ0v) is 10.4. The molecule has 0 spiro atoms. The number of halogens is 1. The van der Waals surface area contributed by atoms with E-state index in [4.69, 9.17) is 26.8 Å². The number of benzene rings is 1. The number of fused-ring (bicyclic) bond motifs is 1. The summed E-state index contributed by atoms with van der Waals surface area (Å²) >= 11 is 6.23. The van der Waals surface area contributed by atoms with Gasteiger partial charge in [-0.1, -0.05) is 24.4 Å². The van der Waals surface area contributed by atoms with Crippen molar-refractivity contribution in [2.45, 2.75) is 31.1 Å². The van der Waals surface area contributed by atoms with Gasteiger partial charge in [0.15, 0.2) is 11.5 Å². The smallest absolute Gasteiger partial charge is 0.231 e. The molecule has 1 fully saturated rings. The molecule has 92 valence electrons. The zero-order chi connectivity index (χ0) is 11.9. The third-order valence-corrected chi connectivity index (χ3v) is 4.27. The monoisotopic (exact) mass is 253 g/mol. The standard InChI is InChI=1S/C13H16ClNO2/c14-10-5-9(6-11-12(10)17-8-16-11)13(7-15)3-1-2-4-13/h5-6H,1-4,7-8,15H2. The van der Waals surface area contributed by atoms with Gasteiger partial charge in [-0.3, -0.25) is 0 Å². The maximum Gasteiger partial charge on any atom is 0.231 e. The molecule has 3 nitrogen and oxygen atoms in total. The van der Waals surface area contributed by atoms with Gasteiger partial charge < -0.3 is 15.2 Å². The van der Waals surface area contributed by atoms with Crippen LogP contribution in [0.1, 0.15) is 31.2 Å². The second-order valence-corrected chi connectivity index (χ2v) is 5.29. The van der Waals surface area contributed by atoms with Gasteiger partial charge >= 0.3 is 0 Å². The third-order valence-electron chi connectivity index (χ3n) is 3.99. The molecule has 4 heteroatoms. The molecule has 1 aromatic rings. The Balaban J connectivity index is 2.06. The Kier molecular flexibility index (Phi) is 2.68. The van der Waals surface area contributed by atoms with Crippen LogP contribution in [-0.4, -0.2) is 13.3 Å². The van der Waals surface area contributed by atoms with Crippen molar-refractivity contribution in [1.29, 1.82) is 0 Å². The highest BCUT2D eigenvalue weighted by molar-refractivity contribution is 6.32. The van der Waals surface area contributed by atoms with Crippen molar-refractivity contribution in [1.82, 2.24) is 0 Å². The Morgan fingerprint density at radius 2 is 2.00 bits per heavy atom. The van der Waals surface area contributed by atoms with Crippen LogP contribution < -0.4 is 15.2 Å². The summed E-state index contributed by atoms with van der Waals surface area (Å²) in [5.74, 6) is 1.42. The van der Waals surface area contributed by atoms with E-state index in [2.05, 4.69) is 0 Å². The van der Waals surface area contributed by atoms with E-state index in [-0.39, 0.29) is 12.2 Å². The lowest BCUT2D eigenvalue weighted by Gasteiger charge is -2.28. The van der Waals surface area contributed by atoms with E-state index in [9.17, 15) is 0 Å². The molecule has 2 N–H and O–H groups in total. The van der Waals surface area contributed by atoms with Crippen molar-refractivity contribution in [3.63, 3.8) is 0 Å². The van der Waals surface area contributed by atoms with E-state index in [0.29, 0.717) is 17.3 Å². The molecule has 0 unspecified atom stereocenters. The first-order chi connectivity index (χ1) is 8.25. The maximum atomic E-state index is 6.23. The van der Waals surface area contributed by atoms with E-state index >= 15 is 0 Å². The number of hydrogen-bond acceptors (Lipinski definition) is 3. The van der Waals surface area contributed by atoms with Gasteiger partial charge in [-0.25, -0.2) is 0 Å². The van der Waals surface area contributed by atoms with Crippen molar-refractivity contribution in [2.75, 3.05) is 13.3 Å². The normalized spacial score (nSPS) is 20.8. The molecule has 0 amide bonds. The van der Waals surface area contributed by atoms with Crippen LogP contribution in [-0.2, 0) is 5.41 Å². The highest BCUT2D eigenvalue weighted by Gasteiger charge is 2.36. The molecule has 1 saturated carbocycles. The Morgan fingerprint density at radius 3 is 2.71 bits per heavy atom. The van der Waals surface area contributed by atoms with Crippen molar-refractivity contribution in [3.05, 3.63) is 22.7 Å². The molecule has 3 rings (SSSR count). The van der Waals surface area contributed by atoms with Crippen LogP contribution in [0.3, 0.4) is 0 Å². The topological polar surface area (TPSA) is 44.5 Å². The van der Waals surface area contributed by atoms with Crippen molar-refractivity contribution >= 4 is 11.6 Å². The lowest BCUT2D eigenvalue weighted by Crippen LogP contribution is -2.31. The SMILES string of the molecule is NCC1(c2cc(Cl)c3c(c2)OCO3)CCCC1. The summed E-state index contributed by atoms with van der Waals surface area (Å²) in [6.07, 6.45) is 4.76. The molecule has 0 radical (unpaired) electrons. The highest BCUT2D eigenvalue weighted by Crippen LogP contribution is 2.46. The van der Waals surface area contributed by atoms with Crippen LogP contribution in [0.4, 0.5) is 0 Å². The molecule has 0 atom stereocenters. The summed E-state index contributed by atoms with van der Waals surface area (Å²) in [6, 6.07) is 4.04. The minimum absolute atomic E-state index is 0.0879. The second-order valence-electron chi connectivity index (χ2n) is 4.88. The maximum absolute atomic E-state index is 6.23. The fourth-order valence-corrected chi connectivity index (χ4v) is 3.20. The Hall–Kier alpha value is -0.930. The molecule has 17 heavy (non-hydrogen) atoms. The van der Waals surface area contributed by atoms with Crippen LogP contribution in [0.5, 0.6) is 11.5 Å². The highest BCUT2D eigenvalue weighted by atomic mass is 35.5. The van der Waals surface area contributed by atoms with Crippen molar-refractivity contribution in [3.8, 4) is 11.5 Å². The van der Waals surface area contributed by atoms with Crippen LogP contribution >= 0.6 is 11.6 Å². The molecular weight excluding hydrogens is 238 g/mol. The summed E-state index contributed by atoms with van der Waals surface area (Å²) in [5, 5.41) is 0.634. The molecule has 0 saturated heterocycles. The van der Waals surface area contributed by atoms with E-state index < -0.39 is 0 Å². The fraction of sp³-hybridized carbons (Fsp3) is 0.538. The lowest BCUT2D eigenvalue weighted by molar-refractivity contribution is 0.174. The zero-order valence-electron chi connectivity index (χ0n) is 9.67. The molecular formula is C13H16ClNO2. The van der Waals surface area contributed by atoms with E-state index in [0.717, 1.165) is 18.6 Å². The molecule has 1 aliphatic carbocycles. The van der Waals surface area contributed by atoms with Gasteiger partial charge in [-0.15, -0.1) is 0 Å². The largest absolute Gasteiger partial charge is 0.454 e. The summed E-state index contributed by atoms with van der Waals surface area (Å²) in [4.78, 5) is 0. The van der Waals surface area contributed by atoms with Crippen molar-refractivity contribution < 1.29 is 9.47 Å². The lowest BCUT2D eigenvalue weighted by atomic mass is 9.79. The summed E-state index contributed by atoms with van der Waals surface area (Å²) in [5.41, 5.74) is 7.27. The quantitative estimate of drug-likeness (QED) is 0.882. The Bertz CT molecular complexity index is 441. The molecule has 0 bridgehead atoms. The number of hydrogen-bond donors (Lipinski definition) is 1. The van der Waals surface area contributed by atoms with E-state index in [1.54, 1.807) is 0 Å². The first kappa shape index (κ1) is 11.2. The van der Waals surface area contributed by atoms with Gasteiger partial charge in [0.1, 0.15) is 0 Å². The van der Waals surface area contributed by atoms with E-state index in [1.807, 2.05) is 12.1 Å². The Labute approximate surface area is 106 Å². The predicted molar refractivity (Wildman–Crippen MR) is 66.8 cm³/mol. The summed E-state index contributed by atoms with van der Waals surface area (Å²) < 4.78 is 10.7. The predicted octanol–water partition coefficient (Wildman–Crippen LogP) is 2.84. The van der Waals surface area contributed by atoms with Crippen LogP contribution in [0.25, 0.3) is 0 Å². The average Bonchev–Trinajstić information content (AvgIpc) is 2.98. The summed E-state index contributed by atoms with van der Waals surface area (Å²) in [7, 11) is 0. The Morgan fingerprint density at radius 1 is 1.24 bits per heavy atom. The molecule has 1 aliphatic heterocycles. The van der Waals surface area contributed by atoms with Gasteiger partial charge in [0, 0.05) is 12.0 Å². The first-order valence-electron chi connectivity index (χ1n) is 6.05. The van der Waals surface area contributed by atoms with Gasteiger partial charge in [0.25, 0.3) is 0 Å². The van der Waals surface area contributed by atoms with E-state index in [1.165, 1.54) is 18.4 Å².